The molecule has 0 saturated heterocycles. The summed E-state index contributed by atoms with van der Waals surface area (Å²) >= 11 is 0. The number of nitrogens with one attached hydrogen (secondary N) is 2. The van der Waals surface area contributed by atoms with Crippen molar-refractivity contribution in [2.45, 2.75) is 16.2 Å². The molecule has 10 heteroatoms. The van der Waals surface area contributed by atoms with E-state index in [0.29, 0.717) is 0 Å². The summed E-state index contributed by atoms with van der Waals surface area (Å²) in [5, 5.41) is 2.58. The summed E-state index contributed by atoms with van der Waals surface area (Å²) in [6, 6.07) is 18.6. The maximum Gasteiger partial charge on any atom is 0.262 e. The number of rotatable bonds is 9. The summed E-state index contributed by atoms with van der Waals surface area (Å²) in [5.74, 6) is -1.42. The van der Waals surface area contributed by atoms with Gasteiger partial charge in [0, 0.05) is 12.1 Å². The second-order valence-electron chi connectivity index (χ2n) is 6.85. The molecule has 0 spiro atoms. The van der Waals surface area contributed by atoms with Crippen LogP contribution in [0, 0.1) is 5.82 Å². The van der Waals surface area contributed by atoms with Crippen LogP contribution in [0.5, 0.6) is 0 Å². The average Bonchev–Trinajstić information content (AvgIpc) is 2.79. The number of halogens is 1. The predicted octanol–water partition coefficient (Wildman–Crippen LogP) is 3.22. The molecular formula is C22H21FN2O5S2. The minimum Gasteiger partial charge on any atom is -0.352 e. The number of hydrogen-bond acceptors (Lipinski definition) is 5. The van der Waals surface area contributed by atoms with Gasteiger partial charge in [0.2, 0.25) is 0 Å². The van der Waals surface area contributed by atoms with E-state index in [0.717, 1.165) is 6.07 Å². The van der Waals surface area contributed by atoms with Crippen molar-refractivity contribution in [1.29, 1.82) is 0 Å². The normalized spacial score (nSPS) is 11.7. The Morgan fingerprint density at radius 1 is 0.812 bits per heavy atom. The SMILES string of the molecule is O=C(NCCCS(=O)(=O)c1ccccc1)c1cccc(S(=O)(=O)Nc2ccccc2F)c1. The first-order valence-corrected chi connectivity index (χ1v) is 12.8. The molecule has 3 rings (SSSR count). The fourth-order valence-corrected chi connectivity index (χ4v) is 5.31. The van der Waals surface area contributed by atoms with Crippen LogP contribution in [-0.4, -0.2) is 35.0 Å². The summed E-state index contributed by atoms with van der Waals surface area (Å²) in [5.41, 5.74) is -0.130. The lowest BCUT2D eigenvalue weighted by molar-refractivity contribution is 0.0953. The second kappa shape index (κ2) is 9.92. The number of carbonyl (C=O) groups excluding carboxylic acids is 1. The fraction of sp³-hybridized carbons (Fsp3) is 0.136. The lowest BCUT2D eigenvalue weighted by Crippen LogP contribution is -2.26. The quantitative estimate of drug-likeness (QED) is 0.461. The van der Waals surface area contributed by atoms with E-state index in [1.807, 2.05) is 0 Å². The van der Waals surface area contributed by atoms with Gasteiger partial charge in [-0.05, 0) is 48.9 Å². The molecule has 32 heavy (non-hydrogen) atoms. The van der Waals surface area contributed by atoms with E-state index in [1.165, 1.54) is 54.6 Å². The third-order valence-electron chi connectivity index (χ3n) is 4.50. The highest BCUT2D eigenvalue weighted by Crippen LogP contribution is 2.19. The van der Waals surface area contributed by atoms with Crippen molar-refractivity contribution in [1.82, 2.24) is 5.32 Å². The summed E-state index contributed by atoms with van der Waals surface area (Å²) in [4.78, 5) is 12.4. The van der Waals surface area contributed by atoms with Crippen molar-refractivity contribution in [2.75, 3.05) is 17.0 Å². The monoisotopic (exact) mass is 476 g/mol. The van der Waals surface area contributed by atoms with Gasteiger partial charge in [0.05, 0.1) is 21.2 Å². The molecule has 1 amide bonds. The van der Waals surface area contributed by atoms with Crippen LogP contribution in [0.2, 0.25) is 0 Å². The average molecular weight is 477 g/mol. The van der Waals surface area contributed by atoms with Gasteiger partial charge in [0.1, 0.15) is 5.82 Å². The van der Waals surface area contributed by atoms with E-state index in [4.69, 9.17) is 0 Å². The molecule has 2 N–H and O–H groups in total. The molecule has 0 aliphatic heterocycles. The molecule has 0 aliphatic rings. The first kappa shape index (κ1) is 23.4. The fourth-order valence-electron chi connectivity index (χ4n) is 2.86. The minimum atomic E-state index is -4.12. The van der Waals surface area contributed by atoms with Crippen molar-refractivity contribution < 1.29 is 26.0 Å². The number of amides is 1. The van der Waals surface area contributed by atoms with Gasteiger partial charge in [0.25, 0.3) is 15.9 Å². The van der Waals surface area contributed by atoms with Gasteiger partial charge >= 0.3 is 0 Å². The molecule has 3 aromatic carbocycles. The van der Waals surface area contributed by atoms with Crippen molar-refractivity contribution in [3.05, 3.63) is 90.2 Å². The van der Waals surface area contributed by atoms with E-state index >= 15 is 0 Å². The smallest absolute Gasteiger partial charge is 0.262 e. The molecule has 0 heterocycles. The van der Waals surface area contributed by atoms with Gasteiger partial charge in [-0.3, -0.25) is 9.52 Å². The Morgan fingerprint density at radius 3 is 2.19 bits per heavy atom. The van der Waals surface area contributed by atoms with Crippen LogP contribution in [0.15, 0.2) is 88.7 Å². The van der Waals surface area contributed by atoms with Crippen molar-refractivity contribution in [3.63, 3.8) is 0 Å². The minimum absolute atomic E-state index is 0.0762. The Bertz CT molecular complexity index is 1310. The van der Waals surface area contributed by atoms with Crippen LogP contribution < -0.4 is 10.0 Å². The zero-order valence-electron chi connectivity index (χ0n) is 16.9. The number of anilines is 1. The summed E-state index contributed by atoms with van der Waals surface area (Å²) in [6.45, 7) is 0.0926. The first-order chi connectivity index (χ1) is 15.2. The molecule has 7 nitrogen and oxygen atoms in total. The summed E-state index contributed by atoms with van der Waals surface area (Å²) < 4.78 is 65.6. The van der Waals surface area contributed by atoms with Gasteiger partial charge in [-0.2, -0.15) is 0 Å². The van der Waals surface area contributed by atoms with Gasteiger partial charge in [0.15, 0.2) is 9.84 Å². The Hall–Kier alpha value is -3.24. The lowest BCUT2D eigenvalue weighted by Gasteiger charge is -2.10. The molecular weight excluding hydrogens is 455 g/mol. The van der Waals surface area contributed by atoms with Crippen LogP contribution in [-0.2, 0) is 19.9 Å². The van der Waals surface area contributed by atoms with Crippen LogP contribution >= 0.6 is 0 Å². The lowest BCUT2D eigenvalue weighted by atomic mass is 10.2. The van der Waals surface area contributed by atoms with E-state index < -0.39 is 31.6 Å². The molecule has 0 atom stereocenters. The number of para-hydroxylation sites is 1. The van der Waals surface area contributed by atoms with E-state index in [2.05, 4.69) is 10.0 Å². The third kappa shape index (κ3) is 5.92. The van der Waals surface area contributed by atoms with E-state index in [9.17, 15) is 26.0 Å². The highest BCUT2D eigenvalue weighted by molar-refractivity contribution is 7.92. The molecule has 0 fully saturated rings. The van der Waals surface area contributed by atoms with Gasteiger partial charge < -0.3 is 5.32 Å². The van der Waals surface area contributed by atoms with Crippen molar-refractivity contribution in [3.8, 4) is 0 Å². The molecule has 0 aliphatic carbocycles. The number of sulfonamides is 1. The standard InChI is InChI=1S/C22H21FN2O5S2/c23-20-12-4-5-13-21(20)25-32(29,30)19-11-6-8-17(16-19)22(26)24-14-7-15-31(27,28)18-9-2-1-3-10-18/h1-6,8-13,16,25H,7,14-15H2,(H,24,26). The van der Waals surface area contributed by atoms with Gasteiger partial charge in [-0.25, -0.2) is 21.2 Å². The molecule has 168 valence electrons. The Kier molecular flexibility index (Phi) is 7.26. The highest BCUT2D eigenvalue weighted by Gasteiger charge is 2.18. The van der Waals surface area contributed by atoms with Crippen LogP contribution in [0.1, 0.15) is 16.8 Å². The Labute approximate surface area is 186 Å². The van der Waals surface area contributed by atoms with Crippen LogP contribution in [0.4, 0.5) is 10.1 Å². The highest BCUT2D eigenvalue weighted by atomic mass is 32.2. The Morgan fingerprint density at radius 2 is 1.47 bits per heavy atom. The molecule has 0 saturated carbocycles. The predicted molar refractivity (Wildman–Crippen MR) is 119 cm³/mol. The van der Waals surface area contributed by atoms with Crippen molar-refractivity contribution >= 4 is 31.5 Å². The van der Waals surface area contributed by atoms with Crippen molar-refractivity contribution in [2.24, 2.45) is 0 Å². The topological polar surface area (TPSA) is 109 Å². The number of carbonyl (C=O) groups is 1. The maximum absolute atomic E-state index is 13.8. The van der Waals surface area contributed by atoms with E-state index in [1.54, 1.807) is 18.2 Å². The summed E-state index contributed by atoms with van der Waals surface area (Å²) in [7, 11) is -7.57. The molecule has 0 unspecified atom stereocenters. The zero-order valence-corrected chi connectivity index (χ0v) is 18.5. The number of sulfone groups is 1. The summed E-state index contributed by atoms with van der Waals surface area (Å²) in [6.07, 6.45) is 0.190. The van der Waals surface area contributed by atoms with Crippen LogP contribution in [0.25, 0.3) is 0 Å². The Balaban J connectivity index is 1.61. The van der Waals surface area contributed by atoms with E-state index in [-0.39, 0.29) is 39.8 Å². The van der Waals surface area contributed by atoms with Crippen LogP contribution in [0.3, 0.4) is 0 Å². The molecule has 0 radical (unpaired) electrons. The largest absolute Gasteiger partial charge is 0.352 e. The third-order valence-corrected chi connectivity index (χ3v) is 7.68. The number of hydrogen-bond donors (Lipinski definition) is 2. The second-order valence-corrected chi connectivity index (χ2v) is 10.6. The molecule has 0 aromatic heterocycles. The maximum atomic E-state index is 13.8. The van der Waals surface area contributed by atoms with Gasteiger partial charge in [-0.15, -0.1) is 0 Å². The molecule has 0 bridgehead atoms. The molecule has 3 aromatic rings. The number of benzene rings is 3. The van der Waals surface area contributed by atoms with Gasteiger partial charge in [-0.1, -0.05) is 36.4 Å². The first-order valence-electron chi connectivity index (χ1n) is 9.62. The zero-order chi connectivity index (χ0) is 23.2.